The van der Waals surface area contributed by atoms with Crippen molar-refractivity contribution in [2.75, 3.05) is 26.2 Å². The van der Waals surface area contributed by atoms with Gasteiger partial charge in [0.1, 0.15) is 11.4 Å². The first-order valence-electron chi connectivity index (χ1n) is 9.74. The Morgan fingerprint density at radius 3 is 2.67 bits per heavy atom. The lowest BCUT2D eigenvalue weighted by molar-refractivity contribution is -0.136. The largest absolute Gasteiger partial charge is 0.493 e. The van der Waals surface area contributed by atoms with E-state index in [9.17, 15) is 9.59 Å². The van der Waals surface area contributed by atoms with E-state index in [-0.39, 0.29) is 24.0 Å². The molecule has 0 saturated carbocycles. The van der Waals surface area contributed by atoms with Crippen LogP contribution in [0.15, 0.2) is 24.3 Å². The Labute approximate surface area is 161 Å². The first-order valence-corrected chi connectivity index (χ1v) is 9.74. The number of hydrogen-bond donors (Lipinski definition) is 0. The fourth-order valence-electron chi connectivity index (χ4n) is 3.78. The Balaban J connectivity index is 1.59. The molecule has 1 aromatic carbocycles. The van der Waals surface area contributed by atoms with Gasteiger partial charge in [-0.3, -0.25) is 4.79 Å². The van der Waals surface area contributed by atoms with Crippen molar-refractivity contribution in [1.82, 2.24) is 9.80 Å². The van der Waals surface area contributed by atoms with Crippen molar-refractivity contribution in [2.24, 2.45) is 0 Å². The summed E-state index contributed by atoms with van der Waals surface area (Å²) in [6, 6.07) is 7.95. The van der Waals surface area contributed by atoms with E-state index in [2.05, 4.69) is 6.07 Å². The van der Waals surface area contributed by atoms with Crippen LogP contribution in [0.25, 0.3) is 0 Å². The van der Waals surface area contributed by atoms with Gasteiger partial charge in [0.05, 0.1) is 6.61 Å². The number of piperazine rings is 1. The zero-order chi connectivity index (χ0) is 19.6. The van der Waals surface area contributed by atoms with E-state index < -0.39 is 5.60 Å². The van der Waals surface area contributed by atoms with Crippen LogP contribution in [0.5, 0.6) is 5.75 Å². The van der Waals surface area contributed by atoms with Gasteiger partial charge in [0, 0.05) is 32.1 Å². The monoisotopic (exact) mass is 374 g/mol. The van der Waals surface area contributed by atoms with E-state index in [1.807, 2.05) is 50.8 Å². The maximum absolute atomic E-state index is 12.9. The lowest BCUT2D eigenvalue weighted by Crippen LogP contribution is -2.56. The zero-order valence-electron chi connectivity index (χ0n) is 16.7. The zero-order valence-corrected chi connectivity index (χ0v) is 16.7. The van der Waals surface area contributed by atoms with E-state index in [0.29, 0.717) is 32.7 Å². The molecule has 0 unspecified atom stereocenters. The van der Waals surface area contributed by atoms with Crippen LogP contribution in [-0.4, -0.2) is 59.7 Å². The summed E-state index contributed by atoms with van der Waals surface area (Å²) in [5, 5.41) is 0. The predicted molar refractivity (Wildman–Crippen MR) is 103 cm³/mol. The van der Waals surface area contributed by atoms with Crippen molar-refractivity contribution in [3.63, 3.8) is 0 Å². The molecule has 1 aromatic rings. The summed E-state index contributed by atoms with van der Waals surface area (Å²) in [5.74, 6) is 1.23. The summed E-state index contributed by atoms with van der Waals surface area (Å²) in [6.45, 7) is 9.78. The van der Waals surface area contributed by atoms with Crippen LogP contribution in [0.2, 0.25) is 0 Å². The van der Waals surface area contributed by atoms with Crippen LogP contribution in [0.3, 0.4) is 0 Å². The van der Waals surface area contributed by atoms with Gasteiger partial charge in [-0.2, -0.15) is 0 Å². The SMILES string of the molecule is C[C@H]1CN(C(=O)OC(C)(C)C)CCN1C(=O)C[C@H]1CCOc2ccccc21. The lowest BCUT2D eigenvalue weighted by Gasteiger charge is -2.40. The average Bonchev–Trinajstić information content (AvgIpc) is 2.60. The third-order valence-corrected chi connectivity index (χ3v) is 5.10. The summed E-state index contributed by atoms with van der Waals surface area (Å²) in [4.78, 5) is 28.8. The molecule has 1 fully saturated rings. The van der Waals surface area contributed by atoms with Gasteiger partial charge in [0.25, 0.3) is 0 Å². The van der Waals surface area contributed by atoms with Crippen molar-refractivity contribution < 1.29 is 19.1 Å². The molecule has 0 N–H and O–H groups in total. The van der Waals surface area contributed by atoms with Gasteiger partial charge in [-0.1, -0.05) is 18.2 Å². The maximum atomic E-state index is 12.9. The number of para-hydroxylation sites is 1. The van der Waals surface area contributed by atoms with Crippen LogP contribution in [0, 0.1) is 0 Å². The summed E-state index contributed by atoms with van der Waals surface area (Å²) >= 11 is 0. The number of ether oxygens (including phenoxy) is 2. The highest BCUT2D eigenvalue weighted by molar-refractivity contribution is 5.78. The quantitative estimate of drug-likeness (QED) is 0.796. The number of rotatable bonds is 2. The topological polar surface area (TPSA) is 59.1 Å². The standard InChI is InChI=1S/C21H30N2O4/c1-15-14-22(20(25)27-21(2,3)4)10-11-23(15)19(24)13-16-9-12-26-18-8-6-5-7-17(16)18/h5-8,15-16H,9-14H2,1-4H3/t15-,16+/m0/s1. The van der Waals surface area contributed by atoms with Crippen molar-refractivity contribution >= 4 is 12.0 Å². The minimum Gasteiger partial charge on any atom is -0.493 e. The molecule has 2 aliphatic heterocycles. The number of nitrogens with zero attached hydrogens (tertiary/aromatic N) is 2. The Hall–Kier alpha value is -2.24. The highest BCUT2D eigenvalue weighted by atomic mass is 16.6. The van der Waals surface area contributed by atoms with Crippen molar-refractivity contribution in [3.05, 3.63) is 29.8 Å². The second kappa shape index (κ2) is 7.79. The van der Waals surface area contributed by atoms with Crippen LogP contribution in [0.4, 0.5) is 4.79 Å². The predicted octanol–water partition coefficient (Wildman–Crippen LogP) is 3.41. The van der Waals surface area contributed by atoms with E-state index in [0.717, 1.165) is 17.7 Å². The molecule has 2 amide bonds. The number of amides is 2. The summed E-state index contributed by atoms with van der Waals surface area (Å²) < 4.78 is 11.2. The lowest BCUT2D eigenvalue weighted by atomic mass is 9.89. The molecule has 27 heavy (non-hydrogen) atoms. The third kappa shape index (κ3) is 4.73. The first kappa shape index (κ1) is 19.5. The van der Waals surface area contributed by atoms with E-state index in [1.165, 1.54) is 0 Å². The van der Waals surface area contributed by atoms with E-state index >= 15 is 0 Å². The van der Waals surface area contributed by atoms with Gasteiger partial charge in [-0.25, -0.2) is 4.79 Å². The molecule has 0 bridgehead atoms. The van der Waals surface area contributed by atoms with Gasteiger partial charge in [0.15, 0.2) is 0 Å². The van der Waals surface area contributed by atoms with Crippen LogP contribution >= 0.6 is 0 Å². The number of carbonyl (C=O) groups is 2. The Bertz CT molecular complexity index is 698. The average molecular weight is 374 g/mol. The molecule has 0 radical (unpaired) electrons. The highest BCUT2D eigenvalue weighted by Gasteiger charge is 2.33. The minimum absolute atomic E-state index is 0.0196. The summed E-state index contributed by atoms with van der Waals surface area (Å²) in [7, 11) is 0. The summed E-state index contributed by atoms with van der Waals surface area (Å²) in [6.07, 6.45) is 1.03. The minimum atomic E-state index is -0.510. The molecule has 2 atom stereocenters. The van der Waals surface area contributed by atoms with Gasteiger partial charge >= 0.3 is 6.09 Å². The number of benzene rings is 1. The van der Waals surface area contributed by atoms with Crippen LogP contribution in [-0.2, 0) is 9.53 Å². The fourth-order valence-corrected chi connectivity index (χ4v) is 3.78. The highest BCUT2D eigenvalue weighted by Crippen LogP contribution is 2.36. The third-order valence-electron chi connectivity index (χ3n) is 5.10. The number of hydrogen-bond acceptors (Lipinski definition) is 4. The molecule has 6 nitrogen and oxygen atoms in total. The molecule has 0 aliphatic carbocycles. The number of fused-ring (bicyclic) bond motifs is 1. The van der Waals surface area contributed by atoms with E-state index in [1.54, 1.807) is 4.90 Å². The normalized spacial score (nSPS) is 22.7. The molecular weight excluding hydrogens is 344 g/mol. The van der Waals surface area contributed by atoms with Gasteiger partial charge in [-0.05, 0) is 51.7 Å². The molecular formula is C21H30N2O4. The van der Waals surface area contributed by atoms with Gasteiger partial charge in [0.2, 0.25) is 5.91 Å². The van der Waals surface area contributed by atoms with Gasteiger partial charge < -0.3 is 19.3 Å². The maximum Gasteiger partial charge on any atom is 0.410 e. The molecule has 2 heterocycles. The molecule has 6 heteroatoms. The molecule has 3 rings (SSSR count). The Morgan fingerprint density at radius 1 is 1.22 bits per heavy atom. The molecule has 0 aromatic heterocycles. The first-order chi connectivity index (χ1) is 12.7. The second-order valence-electron chi connectivity index (χ2n) is 8.44. The van der Waals surface area contributed by atoms with Crippen molar-refractivity contribution in [1.29, 1.82) is 0 Å². The number of carbonyl (C=O) groups excluding carboxylic acids is 2. The van der Waals surface area contributed by atoms with E-state index in [4.69, 9.17) is 9.47 Å². The molecule has 0 spiro atoms. The van der Waals surface area contributed by atoms with Crippen LogP contribution in [0.1, 0.15) is 52.0 Å². The molecule has 2 aliphatic rings. The molecule has 148 valence electrons. The summed E-state index contributed by atoms with van der Waals surface area (Å²) in [5.41, 5.74) is 0.612. The fraction of sp³-hybridized carbons (Fsp3) is 0.619. The Kier molecular flexibility index (Phi) is 5.63. The van der Waals surface area contributed by atoms with Crippen molar-refractivity contribution in [2.45, 2.75) is 58.1 Å². The van der Waals surface area contributed by atoms with Crippen LogP contribution < -0.4 is 4.74 Å². The second-order valence-corrected chi connectivity index (χ2v) is 8.44. The van der Waals surface area contributed by atoms with Gasteiger partial charge in [-0.15, -0.1) is 0 Å². The molecule has 1 saturated heterocycles. The Morgan fingerprint density at radius 2 is 1.96 bits per heavy atom. The van der Waals surface area contributed by atoms with Crippen molar-refractivity contribution in [3.8, 4) is 5.75 Å². The smallest absolute Gasteiger partial charge is 0.410 e.